The highest BCUT2D eigenvalue weighted by atomic mass is 16.7. The van der Waals surface area contributed by atoms with Crippen molar-refractivity contribution in [2.24, 2.45) is 0 Å². The Labute approximate surface area is 212 Å². The number of nitrogens with zero attached hydrogens (tertiary/aromatic N) is 4. The van der Waals surface area contributed by atoms with Gasteiger partial charge in [0.1, 0.15) is 25.1 Å². The number of benzene rings is 1. The number of anilines is 1. The van der Waals surface area contributed by atoms with Gasteiger partial charge >= 0.3 is 12.0 Å². The number of carbonyl (C=O) groups is 2. The number of aliphatic carboxylic acids is 1. The van der Waals surface area contributed by atoms with E-state index >= 15 is 0 Å². The van der Waals surface area contributed by atoms with Crippen LogP contribution in [0.25, 0.3) is 17.2 Å². The molecule has 0 radical (unpaired) electrons. The molecule has 0 spiro atoms. The van der Waals surface area contributed by atoms with Crippen molar-refractivity contribution in [2.75, 3.05) is 25.1 Å². The van der Waals surface area contributed by atoms with Gasteiger partial charge in [-0.2, -0.15) is 0 Å². The first-order valence-electron chi connectivity index (χ1n) is 11.8. The van der Waals surface area contributed by atoms with Crippen molar-refractivity contribution in [1.82, 2.24) is 24.8 Å². The third-order valence-electron chi connectivity index (χ3n) is 5.95. The Morgan fingerprint density at radius 1 is 1.19 bits per heavy atom. The smallest absolute Gasteiger partial charge is 0.329 e. The Balaban J connectivity index is 1.42. The van der Waals surface area contributed by atoms with Crippen molar-refractivity contribution >= 4 is 35.1 Å². The molecule has 3 N–H and O–H groups in total. The Hall–Kier alpha value is -4.13. The second-order valence-corrected chi connectivity index (χ2v) is 8.45. The molecule has 0 bridgehead atoms. The van der Waals surface area contributed by atoms with Gasteiger partial charge in [-0.1, -0.05) is 42.5 Å². The number of carbonyl (C=O) groups excluding carboxylic acids is 1. The van der Waals surface area contributed by atoms with Gasteiger partial charge in [0, 0.05) is 6.54 Å². The number of amides is 2. The lowest BCUT2D eigenvalue weighted by molar-refractivity contribution is -0.142. The fourth-order valence-electron chi connectivity index (χ4n) is 4.39. The summed E-state index contributed by atoms with van der Waals surface area (Å²) in [7, 11) is 0. The van der Waals surface area contributed by atoms with E-state index in [1.54, 1.807) is 6.33 Å². The molecule has 1 saturated heterocycles. The van der Waals surface area contributed by atoms with Crippen molar-refractivity contribution < 1.29 is 28.9 Å². The monoisotopic (exact) mass is 506 g/mol. The Bertz CT molecular complexity index is 1340. The maximum atomic E-state index is 12.0. The summed E-state index contributed by atoms with van der Waals surface area (Å²) in [6.45, 7) is 1.94. The van der Waals surface area contributed by atoms with Crippen LogP contribution in [0.2, 0.25) is 0 Å². The van der Waals surface area contributed by atoms with Crippen LogP contribution < -0.4 is 10.6 Å². The molecule has 2 aromatic heterocycles. The van der Waals surface area contributed by atoms with E-state index in [-0.39, 0.29) is 18.5 Å². The molecule has 192 valence electrons. The fourth-order valence-corrected chi connectivity index (χ4v) is 4.39. The third-order valence-corrected chi connectivity index (χ3v) is 5.95. The number of carboxylic acids is 1. The topological polar surface area (TPSA) is 150 Å². The zero-order chi connectivity index (χ0) is 25.8. The normalized spacial score (nSPS) is 22.8. The largest absolute Gasteiger partial charge is 0.480 e. The number of carboxylic acid groups (broad SMARTS) is 1. The molecular weight excluding hydrogens is 480 g/mol. The summed E-state index contributed by atoms with van der Waals surface area (Å²) in [5.41, 5.74) is 2.70. The highest BCUT2D eigenvalue weighted by Crippen LogP contribution is 2.41. The van der Waals surface area contributed by atoms with Gasteiger partial charge in [-0.3, -0.25) is 5.32 Å². The zero-order valence-electron chi connectivity index (χ0n) is 20.0. The van der Waals surface area contributed by atoms with Gasteiger partial charge in [0.15, 0.2) is 23.3 Å². The van der Waals surface area contributed by atoms with E-state index in [1.807, 2.05) is 60.1 Å². The first kappa shape index (κ1) is 24.6. The van der Waals surface area contributed by atoms with Crippen molar-refractivity contribution in [1.29, 1.82) is 0 Å². The van der Waals surface area contributed by atoms with Crippen molar-refractivity contribution in [2.45, 2.75) is 31.5 Å². The van der Waals surface area contributed by atoms with Gasteiger partial charge in [-0.05, 0) is 24.1 Å². The van der Waals surface area contributed by atoms with Crippen LogP contribution in [0.3, 0.4) is 0 Å². The molecule has 2 unspecified atom stereocenters. The van der Waals surface area contributed by atoms with Gasteiger partial charge in [0.05, 0.1) is 19.0 Å². The summed E-state index contributed by atoms with van der Waals surface area (Å²) >= 11 is 0. The minimum Gasteiger partial charge on any atom is -0.480 e. The van der Waals surface area contributed by atoms with E-state index in [4.69, 9.17) is 19.3 Å². The molecule has 2 aliphatic rings. The molecule has 12 nitrogen and oxygen atoms in total. The highest BCUT2D eigenvalue weighted by Gasteiger charge is 2.47. The number of fused-ring (bicyclic) bond motifs is 2. The lowest BCUT2D eigenvalue weighted by Gasteiger charge is -2.19. The number of rotatable bonds is 9. The molecule has 1 aliphatic carbocycles. The van der Waals surface area contributed by atoms with Crippen molar-refractivity contribution in [3.63, 3.8) is 0 Å². The summed E-state index contributed by atoms with van der Waals surface area (Å²) in [5.74, 6) is -0.770. The molecular formula is C25H26N6O6. The lowest BCUT2D eigenvalue weighted by atomic mass is 10.1. The molecule has 3 heterocycles. The van der Waals surface area contributed by atoms with Gasteiger partial charge in [-0.25, -0.2) is 24.5 Å². The second-order valence-electron chi connectivity index (χ2n) is 8.45. The molecule has 1 fully saturated rings. The predicted molar refractivity (Wildman–Crippen MR) is 133 cm³/mol. The van der Waals surface area contributed by atoms with E-state index in [1.165, 1.54) is 6.33 Å². The Morgan fingerprint density at radius 3 is 2.81 bits per heavy atom. The van der Waals surface area contributed by atoms with E-state index in [9.17, 15) is 9.59 Å². The van der Waals surface area contributed by atoms with Crippen LogP contribution in [0.1, 0.15) is 18.5 Å². The fraction of sp³-hybridized carbons (Fsp3) is 0.320. The second kappa shape index (κ2) is 10.9. The summed E-state index contributed by atoms with van der Waals surface area (Å²) in [6, 6.07) is 9.04. The molecule has 3 aromatic rings. The van der Waals surface area contributed by atoms with E-state index < -0.39 is 37.1 Å². The summed E-state index contributed by atoms with van der Waals surface area (Å²) < 4.78 is 19.6. The Morgan fingerprint density at radius 2 is 2.03 bits per heavy atom. The number of urea groups is 1. The highest BCUT2D eigenvalue weighted by molar-refractivity contribution is 5.95. The summed E-state index contributed by atoms with van der Waals surface area (Å²) in [4.78, 5) is 36.0. The molecule has 37 heavy (non-hydrogen) atoms. The maximum Gasteiger partial charge on any atom is 0.329 e. The van der Waals surface area contributed by atoms with Crippen LogP contribution in [-0.2, 0) is 19.0 Å². The van der Waals surface area contributed by atoms with Crippen LogP contribution in [0.15, 0.2) is 60.7 Å². The first-order valence-corrected chi connectivity index (χ1v) is 11.8. The summed E-state index contributed by atoms with van der Waals surface area (Å²) in [5, 5.41) is 14.3. The van der Waals surface area contributed by atoms with Crippen molar-refractivity contribution in [3.8, 4) is 0 Å². The number of nitrogens with one attached hydrogen (secondary N) is 2. The van der Waals surface area contributed by atoms with E-state index in [0.29, 0.717) is 17.7 Å². The van der Waals surface area contributed by atoms with Crippen LogP contribution in [0.5, 0.6) is 0 Å². The predicted octanol–water partition coefficient (Wildman–Crippen LogP) is 2.37. The van der Waals surface area contributed by atoms with Crippen LogP contribution in [-0.4, -0.2) is 74.9 Å². The molecule has 4 atom stereocenters. The minimum absolute atomic E-state index is 0.0774. The first-order chi connectivity index (χ1) is 18.0. The molecule has 1 aromatic carbocycles. The maximum absolute atomic E-state index is 12.0. The van der Waals surface area contributed by atoms with Gasteiger partial charge < -0.3 is 29.2 Å². The molecule has 1 aliphatic heterocycles. The SMILES string of the molecule is CCNC(=O)Nc1ncnc2c1ncn2C1C=C(COCC(=O)O)[C@H]2O[C@@H](C=Cc3ccccc3)OC12. The van der Waals surface area contributed by atoms with E-state index in [0.717, 1.165) is 11.1 Å². The van der Waals surface area contributed by atoms with Gasteiger partial charge in [0.25, 0.3) is 0 Å². The van der Waals surface area contributed by atoms with Gasteiger partial charge in [-0.15, -0.1) is 0 Å². The number of hydrogen-bond acceptors (Lipinski definition) is 8. The number of ether oxygens (including phenoxy) is 3. The molecule has 0 saturated carbocycles. The van der Waals surface area contributed by atoms with Crippen LogP contribution >= 0.6 is 0 Å². The van der Waals surface area contributed by atoms with E-state index in [2.05, 4.69) is 25.6 Å². The van der Waals surface area contributed by atoms with Crippen LogP contribution in [0.4, 0.5) is 10.6 Å². The summed E-state index contributed by atoms with van der Waals surface area (Å²) in [6.07, 6.45) is 7.16. The van der Waals surface area contributed by atoms with Crippen LogP contribution in [0, 0.1) is 0 Å². The number of aromatic nitrogens is 4. The minimum atomic E-state index is -1.05. The van der Waals surface area contributed by atoms with Crippen molar-refractivity contribution in [3.05, 3.63) is 66.3 Å². The molecule has 12 heteroatoms. The third kappa shape index (κ3) is 5.35. The van der Waals surface area contributed by atoms with Gasteiger partial charge in [0.2, 0.25) is 0 Å². The lowest BCUT2D eigenvalue weighted by Crippen LogP contribution is -2.29. The quantitative estimate of drug-likeness (QED) is 0.372. The zero-order valence-corrected chi connectivity index (χ0v) is 20.0. The molecule has 2 amide bonds. The average Bonchev–Trinajstić information content (AvgIpc) is 3.58. The number of imidazole rings is 1. The average molecular weight is 507 g/mol. The number of hydrogen-bond donors (Lipinski definition) is 3. The standard InChI is InChI=1S/C25H26N6O6/c1-2-26-25(34)30-23-20-24(28-13-27-23)31(14-29-20)17-10-16(11-35-12-18(32)33)21-22(17)37-19(36-21)9-8-15-6-4-3-5-7-15/h3-10,13-14,17,19,21-22H,2,11-12H2,1H3,(H,32,33)(H2,26,27,28,30,34)/t17?,19-,21-,22?/m1/s1. The Kier molecular flexibility index (Phi) is 7.21. The molecule has 5 rings (SSSR count).